The van der Waals surface area contributed by atoms with Gasteiger partial charge >= 0.3 is 0 Å². The van der Waals surface area contributed by atoms with E-state index in [-0.39, 0.29) is 12.2 Å². The molecule has 0 unspecified atom stereocenters. The predicted molar refractivity (Wildman–Crippen MR) is 115 cm³/mol. The van der Waals surface area contributed by atoms with Crippen molar-refractivity contribution in [2.75, 3.05) is 52.4 Å². The van der Waals surface area contributed by atoms with Crippen LogP contribution in [0, 0.1) is 11.8 Å². The third-order valence-electron chi connectivity index (χ3n) is 8.82. The van der Waals surface area contributed by atoms with E-state index in [0.29, 0.717) is 49.3 Å². The minimum absolute atomic E-state index is 0.206. The summed E-state index contributed by atoms with van der Waals surface area (Å²) >= 11 is 0. The number of hydrogen-bond donors (Lipinski definition) is 2. The Morgan fingerprint density at radius 1 is 0.633 bits per heavy atom. The number of Topliss-reactive ketones (excluding diaryl/α,β-unsaturated/α-hetero) is 2. The molecule has 6 fully saturated rings. The molecule has 0 aliphatic carbocycles. The standard InChI is InChI=1S/C24H42N2O4/c27-21(15-25-11-7-19(8-12-25)23(29)17-25)5-3-1-2-4-6-22(28)16-26-13-9-20(10-14-26)24(30)18-26/h19-20,23-24,29-30H,1-18H2/q+2/t19?,20?,23-,24-,25?,26?/m0/s1. The number of carbonyl (C=O) groups is 2. The second-order valence-electron chi connectivity index (χ2n) is 11.1. The second-order valence-corrected chi connectivity index (χ2v) is 11.1. The molecule has 0 aromatic rings. The summed E-state index contributed by atoms with van der Waals surface area (Å²) in [5, 5.41) is 20.4. The Morgan fingerprint density at radius 3 is 1.33 bits per heavy atom. The van der Waals surface area contributed by atoms with Gasteiger partial charge in [0.25, 0.3) is 0 Å². The van der Waals surface area contributed by atoms with Gasteiger partial charge in [0.1, 0.15) is 38.4 Å². The number of aliphatic hydroxyl groups is 2. The molecule has 2 N–H and O–H groups in total. The van der Waals surface area contributed by atoms with E-state index in [4.69, 9.17) is 0 Å². The van der Waals surface area contributed by atoms with Crippen molar-refractivity contribution >= 4 is 11.6 Å². The number of fused-ring (bicyclic) bond motifs is 6. The van der Waals surface area contributed by atoms with E-state index in [0.717, 1.165) is 99.6 Å². The SMILES string of the molecule is O=C(CCCCCCC(=O)C[N+]12CCC(CC1)[C@@H](O)C2)C[N+]12CCC(CC1)[C@@H](O)C2. The molecule has 2 atom stereocenters. The molecule has 6 saturated heterocycles. The molecule has 6 heteroatoms. The third-order valence-corrected chi connectivity index (χ3v) is 8.82. The highest BCUT2D eigenvalue weighted by Gasteiger charge is 2.46. The van der Waals surface area contributed by atoms with Gasteiger partial charge in [-0.15, -0.1) is 0 Å². The monoisotopic (exact) mass is 422 g/mol. The zero-order valence-electron chi connectivity index (χ0n) is 18.6. The lowest BCUT2D eigenvalue weighted by molar-refractivity contribution is -0.939. The Labute approximate surface area is 181 Å². The van der Waals surface area contributed by atoms with Gasteiger partial charge in [-0.25, -0.2) is 0 Å². The largest absolute Gasteiger partial charge is 0.387 e. The maximum atomic E-state index is 12.5. The number of ketones is 2. The van der Waals surface area contributed by atoms with Gasteiger partial charge in [-0.3, -0.25) is 9.59 Å². The molecule has 0 aromatic carbocycles. The van der Waals surface area contributed by atoms with Gasteiger partial charge in [0, 0.05) is 50.4 Å². The van der Waals surface area contributed by atoms with Crippen molar-refractivity contribution in [1.29, 1.82) is 0 Å². The maximum Gasteiger partial charge on any atom is 0.186 e. The number of aliphatic hydroxyl groups excluding tert-OH is 2. The summed E-state index contributed by atoms with van der Waals surface area (Å²) in [7, 11) is 0. The Bertz CT molecular complexity index is 567. The Balaban J connectivity index is 1.07. The van der Waals surface area contributed by atoms with E-state index < -0.39 is 0 Å². The molecule has 6 rings (SSSR count). The van der Waals surface area contributed by atoms with Gasteiger partial charge in [0.05, 0.1) is 26.2 Å². The number of quaternary nitrogens is 2. The van der Waals surface area contributed by atoms with Gasteiger partial charge in [-0.2, -0.15) is 0 Å². The third kappa shape index (κ3) is 5.14. The summed E-state index contributed by atoms with van der Waals surface area (Å²) in [6, 6.07) is 0. The van der Waals surface area contributed by atoms with Crippen LogP contribution in [0.3, 0.4) is 0 Å². The molecule has 30 heavy (non-hydrogen) atoms. The van der Waals surface area contributed by atoms with Crippen LogP contribution in [0.15, 0.2) is 0 Å². The van der Waals surface area contributed by atoms with E-state index in [1.165, 1.54) is 0 Å². The molecule has 0 saturated carbocycles. The van der Waals surface area contributed by atoms with Gasteiger partial charge in [-0.1, -0.05) is 12.8 Å². The van der Waals surface area contributed by atoms with E-state index in [9.17, 15) is 19.8 Å². The molecule has 6 aliphatic rings. The number of piperidine rings is 6. The lowest BCUT2D eigenvalue weighted by Crippen LogP contribution is -2.65. The van der Waals surface area contributed by atoms with E-state index in [2.05, 4.69) is 0 Å². The van der Waals surface area contributed by atoms with Crippen LogP contribution >= 0.6 is 0 Å². The molecule has 6 aliphatic heterocycles. The van der Waals surface area contributed by atoms with Crippen LogP contribution in [-0.4, -0.2) is 95.3 Å². The lowest BCUT2D eigenvalue weighted by atomic mass is 9.83. The van der Waals surface area contributed by atoms with Gasteiger partial charge < -0.3 is 19.2 Å². The fourth-order valence-electron chi connectivity index (χ4n) is 6.85. The first-order chi connectivity index (χ1) is 14.4. The van der Waals surface area contributed by atoms with Gasteiger partial charge in [0.2, 0.25) is 0 Å². The summed E-state index contributed by atoms with van der Waals surface area (Å²) in [4.78, 5) is 25.0. The fraction of sp³-hybridized carbons (Fsp3) is 0.917. The van der Waals surface area contributed by atoms with Crippen molar-refractivity contribution in [3.05, 3.63) is 0 Å². The summed E-state index contributed by atoms with van der Waals surface area (Å²) in [6.07, 6.45) is 9.05. The highest BCUT2D eigenvalue weighted by atomic mass is 16.3. The van der Waals surface area contributed by atoms with E-state index in [1.807, 2.05) is 0 Å². The predicted octanol–water partition coefficient (Wildman–Crippen LogP) is 1.67. The molecule has 0 radical (unpaired) electrons. The zero-order valence-corrected chi connectivity index (χ0v) is 18.6. The first-order valence-electron chi connectivity index (χ1n) is 12.5. The summed E-state index contributed by atoms with van der Waals surface area (Å²) in [5.74, 6) is 1.64. The Morgan fingerprint density at radius 2 is 1.00 bits per heavy atom. The first-order valence-corrected chi connectivity index (χ1v) is 12.5. The Hall–Kier alpha value is -0.820. The van der Waals surface area contributed by atoms with Crippen LogP contribution in [0.25, 0.3) is 0 Å². The van der Waals surface area contributed by atoms with Crippen molar-refractivity contribution in [1.82, 2.24) is 0 Å². The molecule has 0 amide bonds. The lowest BCUT2D eigenvalue weighted by Gasteiger charge is -2.50. The van der Waals surface area contributed by atoms with Crippen LogP contribution in [0.5, 0.6) is 0 Å². The number of carbonyl (C=O) groups excluding carboxylic acids is 2. The molecule has 0 spiro atoms. The minimum atomic E-state index is -0.206. The normalized spacial score (nSPS) is 39.9. The van der Waals surface area contributed by atoms with Crippen LogP contribution in [0.1, 0.15) is 64.2 Å². The molecule has 4 bridgehead atoms. The average Bonchev–Trinajstić information content (AvgIpc) is 2.71. The quantitative estimate of drug-likeness (QED) is 0.392. The molecule has 6 nitrogen and oxygen atoms in total. The van der Waals surface area contributed by atoms with Crippen molar-refractivity contribution in [2.45, 2.75) is 76.4 Å². The summed E-state index contributed by atoms with van der Waals surface area (Å²) in [5.41, 5.74) is 0. The molecule has 0 aromatic heterocycles. The van der Waals surface area contributed by atoms with E-state index in [1.54, 1.807) is 0 Å². The van der Waals surface area contributed by atoms with Crippen LogP contribution in [0.2, 0.25) is 0 Å². The van der Waals surface area contributed by atoms with Crippen molar-refractivity contribution < 1.29 is 28.8 Å². The smallest absolute Gasteiger partial charge is 0.186 e. The average molecular weight is 423 g/mol. The highest BCUT2D eigenvalue weighted by Crippen LogP contribution is 2.35. The van der Waals surface area contributed by atoms with Crippen molar-refractivity contribution in [3.63, 3.8) is 0 Å². The molecule has 170 valence electrons. The number of hydrogen-bond acceptors (Lipinski definition) is 4. The van der Waals surface area contributed by atoms with Gasteiger partial charge in [-0.05, 0) is 12.8 Å². The van der Waals surface area contributed by atoms with Gasteiger partial charge in [0.15, 0.2) is 11.6 Å². The molecular weight excluding hydrogens is 380 g/mol. The minimum Gasteiger partial charge on any atom is -0.387 e. The summed E-state index contributed by atoms with van der Waals surface area (Å²) < 4.78 is 1.64. The zero-order chi connectivity index (χ0) is 21.2. The number of rotatable bonds is 11. The van der Waals surface area contributed by atoms with Crippen LogP contribution < -0.4 is 0 Å². The number of unbranched alkanes of at least 4 members (excludes halogenated alkanes) is 3. The Kier molecular flexibility index (Phi) is 6.98. The van der Waals surface area contributed by atoms with Crippen LogP contribution in [-0.2, 0) is 9.59 Å². The second kappa shape index (κ2) is 9.35. The number of nitrogens with zero attached hydrogens (tertiary/aromatic N) is 2. The fourth-order valence-corrected chi connectivity index (χ4v) is 6.85. The van der Waals surface area contributed by atoms with Crippen molar-refractivity contribution in [3.8, 4) is 0 Å². The van der Waals surface area contributed by atoms with E-state index >= 15 is 0 Å². The van der Waals surface area contributed by atoms with Crippen LogP contribution in [0.4, 0.5) is 0 Å². The highest BCUT2D eigenvalue weighted by molar-refractivity contribution is 5.80. The van der Waals surface area contributed by atoms with Crippen molar-refractivity contribution in [2.24, 2.45) is 11.8 Å². The molecular formula is C24H42N2O4+2. The molecule has 6 heterocycles. The first kappa shape index (κ1) is 22.4. The topological polar surface area (TPSA) is 74.6 Å². The maximum absolute atomic E-state index is 12.5. The summed E-state index contributed by atoms with van der Waals surface area (Å²) in [6.45, 7) is 7.01.